The van der Waals surface area contributed by atoms with E-state index < -0.39 is 54.4 Å². The van der Waals surface area contributed by atoms with Gasteiger partial charge in [0.25, 0.3) is 0 Å². The van der Waals surface area contributed by atoms with Crippen molar-refractivity contribution in [2.24, 2.45) is 0 Å². The normalized spacial score (nSPS) is 12.3. The molecular formula is C28H23F5O5S2. The molecule has 0 spiro atoms. The van der Waals surface area contributed by atoms with Gasteiger partial charge in [0, 0.05) is 21.3 Å². The average Bonchev–Trinajstić information content (AvgIpc) is 2.97. The van der Waals surface area contributed by atoms with E-state index in [-0.39, 0.29) is 27.9 Å². The van der Waals surface area contributed by atoms with Crippen molar-refractivity contribution in [1.82, 2.24) is 0 Å². The van der Waals surface area contributed by atoms with Gasteiger partial charge in [0.1, 0.15) is 12.4 Å². The minimum Gasteiger partial charge on any atom is -0.491 e. The monoisotopic (exact) mass is 598 g/mol. The maximum Gasteiger partial charge on any atom is 0.313 e. The Kier molecular flexibility index (Phi) is 9.14. The van der Waals surface area contributed by atoms with Gasteiger partial charge < -0.3 is 9.47 Å². The quantitative estimate of drug-likeness (QED) is 0.0780. The predicted molar refractivity (Wildman–Crippen MR) is 138 cm³/mol. The highest BCUT2D eigenvalue weighted by Crippen LogP contribution is 2.70. The molecule has 212 valence electrons. The first kappa shape index (κ1) is 29.5. The van der Waals surface area contributed by atoms with Gasteiger partial charge in [0.05, 0.1) is 6.61 Å². The highest BCUT2D eigenvalue weighted by atomic mass is 32.3. The van der Waals surface area contributed by atoms with Crippen LogP contribution in [0.2, 0.25) is 0 Å². The fourth-order valence-electron chi connectivity index (χ4n) is 3.83. The third-order valence-corrected chi connectivity index (χ3v) is 10.8. The molecule has 5 nitrogen and oxygen atoms in total. The Balaban J connectivity index is 1.98. The van der Waals surface area contributed by atoms with Crippen molar-refractivity contribution in [2.45, 2.75) is 26.5 Å². The summed E-state index contributed by atoms with van der Waals surface area (Å²) >= 11 is 0. The third-order valence-electron chi connectivity index (χ3n) is 5.60. The number of hydrogen-bond acceptors (Lipinski definition) is 5. The Bertz CT molecular complexity index is 1520. The van der Waals surface area contributed by atoms with Crippen LogP contribution in [0.5, 0.6) is 5.75 Å². The molecular weight excluding hydrogens is 575 g/mol. The summed E-state index contributed by atoms with van der Waals surface area (Å²) < 4.78 is 115. The van der Waals surface area contributed by atoms with E-state index in [1.54, 1.807) is 72.8 Å². The van der Waals surface area contributed by atoms with Crippen molar-refractivity contribution in [3.63, 3.8) is 0 Å². The number of halogens is 5. The van der Waals surface area contributed by atoms with Crippen LogP contribution in [0.15, 0.2) is 105 Å². The Morgan fingerprint density at radius 3 is 1.65 bits per heavy atom. The van der Waals surface area contributed by atoms with E-state index in [2.05, 4.69) is 0 Å². The summed E-state index contributed by atoms with van der Waals surface area (Å²) in [6.07, 6.45) is 0. The van der Waals surface area contributed by atoms with E-state index in [0.29, 0.717) is 12.4 Å². The van der Waals surface area contributed by atoms with Crippen LogP contribution >= 0.6 is 10.3 Å². The minimum absolute atomic E-state index is 0.167. The summed E-state index contributed by atoms with van der Waals surface area (Å²) in [4.78, 5) is -1.34. The van der Waals surface area contributed by atoms with E-state index in [0.717, 1.165) is 0 Å². The molecule has 0 N–H and O–H groups in total. The zero-order valence-electron chi connectivity index (χ0n) is 21.0. The molecule has 0 aliphatic rings. The molecule has 0 radical (unpaired) electrons. The molecule has 0 saturated heterocycles. The van der Waals surface area contributed by atoms with Crippen LogP contribution in [0, 0.1) is 29.1 Å². The third kappa shape index (κ3) is 5.71. The largest absolute Gasteiger partial charge is 0.491 e. The van der Waals surface area contributed by atoms with E-state index in [4.69, 9.17) is 13.1 Å². The molecule has 0 amide bonds. The Morgan fingerprint density at radius 2 is 1.12 bits per heavy atom. The molecule has 0 heterocycles. The first-order valence-corrected chi connectivity index (χ1v) is 14.8. The number of hydrogen-bond donors (Lipinski definition) is 0. The van der Waals surface area contributed by atoms with Gasteiger partial charge in [-0.3, -0.25) is 0 Å². The van der Waals surface area contributed by atoms with Crippen molar-refractivity contribution in [3.05, 3.63) is 114 Å². The molecule has 4 aromatic carbocycles. The van der Waals surface area contributed by atoms with Crippen LogP contribution in [-0.2, 0) is 18.5 Å². The standard InChI is InChI=1S/C28H23F5O5S2/c1-2-36-16-17-37-19-10-9-15-22(18-19)39(20-11-5-3-6-12-20,21-13-7-4-8-14-21)38-40(34,35)28-26(32)24(30)23(29)25(31)27(28)33/h3-15,18H,2,16-17H2,1H3. The summed E-state index contributed by atoms with van der Waals surface area (Å²) in [5.74, 6) is -12.1. The summed E-state index contributed by atoms with van der Waals surface area (Å²) in [5, 5.41) is 0. The molecule has 0 unspecified atom stereocenters. The van der Waals surface area contributed by atoms with Crippen molar-refractivity contribution in [1.29, 1.82) is 0 Å². The Morgan fingerprint density at radius 1 is 0.625 bits per heavy atom. The lowest BCUT2D eigenvalue weighted by Gasteiger charge is -2.39. The second-order valence-electron chi connectivity index (χ2n) is 8.12. The molecule has 0 atom stereocenters. The first-order chi connectivity index (χ1) is 19.1. The van der Waals surface area contributed by atoms with Crippen LogP contribution in [0.4, 0.5) is 22.0 Å². The second kappa shape index (κ2) is 12.4. The number of ether oxygens (including phenoxy) is 2. The smallest absolute Gasteiger partial charge is 0.313 e. The zero-order chi connectivity index (χ0) is 28.9. The highest BCUT2D eigenvalue weighted by Gasteiger charge is 2.42. The second-order valence-corrected chi connectivity index (χ2v) is 12.5. The number of rotatable bonds is 11. The summed E-state index contributed by atoms with van der Waals surface area (Å²) in [7, 11) is -9.08. The number of benzene rings is 4. The maximum atomic E-state index is 14.7. The molecule has 4 rings (SSSR count). The molecule has 4 aromatic rings. The topological polar surface area (TPSA) is 61.8 Å². The van der Waals surface area contributed by atoms with Crippen molar-refractivity contribution >= 4 is 20.4 Å². The van der Waals surface area contributed by atoms with Crippen molar-refractivity contribution in [2.75, 3.05) is 19.8 Å². The van der Waals surface area contributed by atoms with Gasteiger partial charge in [-0.05, 0) is 59.7 Å². The molecule has 0 aliphatic carbocycles. The van der Waals surface area contributed by atoms with Gasteiger partial charge >= 0.3 is 10.1 Å². The molecule has 0 saturated carbocycles. The van der Waals surface area contributed by atoms with Crippen LogP contribution in [0.25, 0.3) is 0 Å². The predicted octanol–water partition coefficient (Wildman–Crippen LogP) is 7.40. The zero-order valence-corrected chi connectivity index (χ0v) is 22.6. The first-order valence-electron chi connectivity index (χ1n) is 11.8. The fraction of sp³-hybridized carbons (Fsp3) is 0.143. The minimum atomic E-state index is -5.64. The van der Waals surface area contributed by atoms with Gasteiger partial charge in [0.2, 0.25) is 5.82 Å². The van der Waals surface area contributed by atoms with Crippen molar-refractivity contribution < 1.29 is 43.5 Å². The van der Waals surface area contributed by atoms with E-state index in [1.807, 2.05) is 6.92 Å². The molecule has 12 heteroatoms. The van der Waals surface area contributed by atoms with Gasteiger partial charge in [-0.1, -0.05) is 42.5 Å². The SMILES string of the molecule is CCOCCOc1cccc(S(OS(=O)(=O)c2c(F)c(F)c(F)c(F)c2F)(c2ccccc2)c2ccccc2)c1. The molecule has 0 aliphatic heterocycles. The molecule has 40 heavy (non-hydrogen) atoms. The van der Waals surface area contributed by atoms with Crippen LogP contribution in [-0.4, -0.2) is 28.2 Å². The Labute approximate surface area is 229 Å². The maximum absolute atomic E-state index is 14.7. The van der Waals surface area contributed by atoms with Crippen LogP contribution in [0.1, 0.15) is 6.92 Å². The van der Waals surface area contributed by atoms with E-state index >= 15 is 0 Å². The molecule has 0 fully saturated rings. The summed E-state index contributed by atoms with van der Waals surface area (Å²) in [5.41, 5.74) is 0. The van der Waals surface area contributed by atoms with E-state index in [9.17, 15) is 30.4 Å². The van der Waals surface area contributed by atoms with E-state index in [1.165, 1.54) is 12.1 Å². The lowest BCUT2D eigenvalue weighted by molar-refractivity contribution is 0.110. The van der Waals surface area contributed by atoms with Gasteiger partial charge in [-0.15, -0.1) is 0 Å². The highest BCUT2D eigenvalue weighted by molar-refractivity contribution is 8.33. The molecule has 0 bridgehead atoms. The lowest BCUT2D eigenvalue weighted by Crippen LogP contribution is -2.19. The van der Waals surface area contributed by atoms with Gasteiger partial charge in [-0.25, -0.2) is 25.6 Å². The van der Waals surface area contributed by atoms with Crippen LogP contribution < -0.4 is 4.74 Å². The fourth-order valence-corrected chi connectivity index (χ4v) is 9.19. The van der Waals surface area contributed by atoms with Crippen LogP contribution in [0.3, 0.4) is 0 Å². The summed E-state index contributed by atoms with van der Waals surface area (Å²) in [6.45, 7) is 2.74. The average molecular weight is 599 g/mol. The summed E-state index contributed by atoms with van der Waals surface area (Å²) in [6, 6.07) is 22.0. The van der Waals surface area contributed by atoms with Crippen molar-refractivity contribution in [3.8, 4) is 5.75 Å². The van der Waals surface area contributed by atoms with Gasteiger partial charge in [-0.2, -0.15) is 8.42 Å². The molecule has 0 aromatic heterocycles. The Hall–Kier alpha value is -3.45. The van der Waals surface area contributed by atoms with Gasteiger partial charge in [0.15, 0.2) is 28.2 Å². The lowest BCUT2D eigenvalue weighted by atomic mass is 10.3.